The van der Waals surface area contributed by atoms with E-state index in [0.29, 0.717) is 43.7 Å². The third-order valence-electron chi connectivity index (χ3n) is 4.73. The van der Waals surface area contributed by atoms with Gasteiger partial charge in [-0.2, -0.15) is 0 Å². The zero-order valence-electron chi connectivity index (χ0n) is 14.4. The molecule has 0 saturated heterocycles. The number of hydrogen-bond acceptors (Lipinski definition) is 5. The van der Waals surface area contributed by atoms with Gasteiger partial charge in [0.2, 0.25) is 0 Å². The van der Waals surface area contributed by atoms with Crippen LogP contribution in [0.5, 0.6) is 17.2 Å². The summed E-state index contributed by atoms with van der Waals surface area (Å²) in [5.74, 6) is 2.90. The van der Waals surface area contributed by atoms with E-state index >= 15 is 0 Å². The lowest BCUT2D eigenvalue weighted by Gasteiger charge is -2.21. The topological polar surface area (TPSA) is 54.7 Å². The van der Waals surface area contributed by atoms with Crippen LogP contribution in [-0.4, -0.2) is 29.9 Å². The highest BCUT2D eigenvalue weighted by atomic mass is 16.6. The molecule has 0 amide bonds. The predicted molar refractivity (Wildman–Crippen MR) is 95.0 cm³/mol. The third-order valence-corrected chi connectivity index (χ3v) is 4.73. The molecule has 6 heteroatoms. The van der Waals surface area contributed by atoms with Crippen molar-refractivity contribution in [2.45, 2.75) is 13.2 Å². The van der Waals surface area contributed by atoms with Crippen molar-refractivity contribution in [3.8, 4) is 34.3 Å². The normalized spacial score (nSPS) is 15.0. The molecule has 0 saturated carbocycles. The molecule has 0 unspecified atom stereocenters. The van der Waals surface area contributed by atoms with E-state index in [-0.39, 0.29) is 0 Å². The summed E-state index contributed by atoms with van der Waals surface area (Å²) in [5.41, 5.74) is 4.36. The van der Waals surface area contributed by atoms with Crippen molar-refractivity contribution in [1.29, 1.82) is 0 Å². The molecule has 3 aromatic rings. The Morgan fingerprint density at radius 1 is 1.00 bits per heavy atom. The van der Waals surface area contributed by atoms with Gasteiger partial charge < -0.3 is 18.9 Å². The van der Waals surface area contributed by atoms with E-state index in [1.807, 2.05) is 22.9 Å². The summed E-state index contributed by atoms with van der Waals surface area (Å²) >= 11 is 0. The fourth-order valence-electron chi connectivity index (χ4n) is 3.43. The largest absolute Gasteiger partial charge is 0.496 e. The van der Waals surface area contributed by atoms with Gasteiger partial charge in [-0.3, -0.25) is 4.57 Å². The van der Waals surface area contributed by atoms with Gasteiger partial charge in [-0.1, -0.05) is 6.07 Å². The molecule has 0 atom stereocenters. The molecule has 2 aliphatic rings. The molecule has 1 aromatic heterocycles. The second-order valence-corrected chi connectivity index (χ2v) is 6.26. The van der Waals surface area contributed by atoms with Crippen molar-refractivity contribution >= 4 is 0 Å². The number of hydrogen-bond donors (Lipinski definition) is 0. The third kappa shape index (κ3) is 2.42. The first kappa shape index (κ1) is 15.3. The molecule has 2 aromatic carbocycles. The lowest BCUT2D eigenvalue weighted by molar-refractivity contribution is 0.134. The minimum Gasteiger partial charge on any atom is -0.496 e. The zero-order valence-corrected chi connectivity index (χ0v) is 14.4. The molecule has 0 spiro atoms. The zero-order chi connectivity index (χ0) is 17.5. The van der Waals surface area contributed by atoms with Crippen molar-refractivity contribution < 1.29 is 18.9 Å². The van der Waals surface area contributed by atoms with Crippen molar-refractivity contribution in [1.82, 2.24) is 9.55 Å². The Morgan fingerprint density at radius 3 is 2.65 bits per heavy atom. The fourth-order valence-corrected chi connectivity index (χ4v) is 3.43. The number of nitrogens with zero attached hydrogens (tertiary/aromatic N) is 2. The van der Waals surface area contributed by atoms with Crippen LogP contribution in [-0.2, 0) is 18.0 Å². The smallest absolute Gasteiger partial charge is 0.165 e. The van der Waals surface area contributed by atoms with Crippen LogP contribution in [0.2, 0.25) is 0 Å². The maximum atomic E-state index is 5.73. The van der Waals surface area contributed by atoms with Crippen LogP contribution in [0.15, 0.2) is 42.7 Å². The van der Waals surface area contributed by atoms with E-state index in [9.17, 15) is 0 Å². The minimum absolute atomic E-state index is 0.540. The van der Waals surface area contributed by atoms with E-state index in [4.69, 9.17) is 18.9 Å². The molecule has 5 rings (SSSR count). The van der Waals surface area contributed by atoms with Crippen molar-refractivity contribution in [2.75, 3.05) is 20.3 Å². The van der Waals surface area contributed by atoms with E-state index in [0.717, 1.165) is 17.1 Å². The van der Waals surface area contributed by atoms with E-state index in [2.05, 4.69) is 23.2 Å². The van der Waals surface area contributed by atoms with Gasteiger partial charge in [-0.05, 0) is 29.3 Å². The van der Waals surface area contributed by atoms with E-state index in [1.54, 1.807) is 13.3 Å². The van der Waals surface area contributed by atoms with Gasteiger partial charge >= 0.3 is 0 Å². The Bertz CT molecular complexity index is 980. The van der Waals surface area contributed by atoms with Gasteiger partial charge in [0.15, 0.2) is 11.5 Å². The summed E-state index contributed by atoms with van der Waals surface area (Å²) in [6.45, 7) is 2.42. The Balaban J connectivity index is 1.63. The highest BCUT2D eigenvalue weighted by Gasteiger charge is 2.21. The Hall–Kier alpha value is -2.99. The average Bonchev–Trinajstić information content (AvgIpc) is 3.35. The van der Waals surface area contributed by atoms with Crippen molar-refractivity contribution in [3.63, 3.8) is 0 Å². The monoisotopic (exact) mass is 350 g/mol. The number of methoxy groups -OCH3 is 1. The van der Waals surface area contributed by atoms with Gasteiger partial charge in [-0.25, -0.2) is 4.98 Å². The van der Waals surface area contributed by atoms with Gasteiger partial charge in [0.25, 0.3) is 0 Å². The molecule has 0 radical (unpaired) electrons. The lowest BCUT2D eigenvalue weighted by Crippen LogP contribution is -2.15. The lowest BCUT2D eigenvalue weighted by atomic mass is 10.1. The van der Waals surface area contributed by atoms with Gasteiger partial charge in [-0.15, -0.1) is 0 Å². The molecule has 0 bridgehead atoms. The standard InChI is InChI=1S/C20H18N2O4/c1-23-17-10-19-18(25-6-7-26-19)9-16(17)20-21-4-5-22(20)15-3-2-13-11-24-12-14(13)8-15/h2-5,8-10H,6-7,11-12H2,1H3. The number of aromatic nitrogens is 2. The first-order valence-electron chi connectivity index (χ1n) is 8.55. The maximum Gasteiger partial charge on any atom is 0.165 e. The molecule has 3 heterocycles. The molecular weight excluding hydrogens is 332 g/mol. The Labute approximate surface area is 150 Å². The average molecular weight is 350 g/mol. The number of benzene rings is 2. The molecule has 0 aliphatic carbocycles. The summed E-state index contributed by atoms with van der Waals surface area (Å²) in [4.78, 5) is 4.57. The molecule has 26 heavy (non-hydrogen) atoms. The molecule has 0 N–H and O–H groups in total. The highest BCUT2D eigenvalue weighted by Crippen LogP contribution is 2.41. The van der Waals surface area contributed by atoms with E-state index < -0.39 is 0 Å². The summed E-state index contributed by atoms with van der Waals surface area (Å²) in [6, 6.07) is 10.1. The summed E-state index contributed by atoms with van der Waals surface area (Å²) < 4.78 is 24.6. The molecule has 2 aliphatic heterocycles. The number of ether oxygens (including phenoxy) is 4. The molecular formula is C20H18N2O4. The van der Waals surface area contributed by atoms with Crippen LogP contribution in [0.4, 0.5) is 0 Å². The molecule has 132 valence electrons. The van der Waals surface area contributed by atoms with Crippen LogP contribution in [0.1, 0.15) is 11.1 Å². The van der Waals surface area contributed by atoms with Crippen molar-refractivity contribution in [2.24, 2.45) is 0 Å². The van der Waals surface area contributed by atoms with Gasteiger partial charge in [0.05, 0.1) is 25.9 Å². The first-order valence-corrected chi connectivity index (χ1v) is 8.55. The Morgan fingerprint density at radius 2 is 1.81 bits per heavy atom. The van der Waals surface area contributed by atoms with E-state index in [1.165, 1.54) is 11.1 Å². The first-order chi connectivity index (χ1) is 12.8. The number of fused-ring (bicyclic) bond motifs is 2. The summed E-state index contributed by atoms with van der Waals surface area (Å²) in [6.07, 6.45) is 3.73. The molecule has 6 nitrogen and oxygen atoms in total. The predicted octanol–water partition coefficient (Wildman–Crippen LogP) is 3.35. The highest BCUT2D eigenvalue weighted by molar-refractivity contribution is 5.71. The minimum atomic E-state index is 0.540. The second kappa shape index (κ2) is 6.07. The molecule has 0 fully saturated rings. The van der Waals surface area contributed by atoms with Gasteiger partial charge in [0, 0.05) is 24.1 Å². The van der Waals surface area contributed by atoms with Gasteiger partial charge in [0.1, 0.15) is 24.8 Å². The number of rotatable bonds is 3. The van der Waals surface area contributed by atoms with Crippen molar-refractivity contribution in [3.05, 3.63) is 53.9 Å². The fraction of sp³-hybridized carbons (Fsp3) is 0.250. The second-order valence-electron chi connectivity index (χ2n) is 6.26. The summed E-state index contributed by atoms with van der Waals surface area (Å²) in [5, 5.41) is 0. The van der Waals surface area contributed by atoms with Crippen LogP contribution in [0.25, 0.3) is 17.1 Å². The Kier molecular flexibility index (Phi) is 3.57. The summed E-state index contributed by atoms with van der Waals surface area (Å²) in [7, 11) is 1.65. The quantitative estimate of drug-likeness (QED) is 0.725. The maximum absolute atomic E-state index is 5.73. The number of imidazole rings is 1. The SMILES string of the molecule is COc1cc2c(cc1-c1nccn1-c1ccc3c(c1)COC3)OCCO2. The van der Waals surface area contributed by atoms with Crippen LogP contribution in [0.3, 0.4) is 0 Å². The van der Waals surface area contributed by atoms with Crippen LogP contribution >= 0.6 is 0 Å². The van der Waals surface area contributed by atoms with Crippen LogP contribution < -0.4 is 14.2 Å². The van der Waals surface area contributed by atoms with Crippen LogP contribution in [0, 0.1) is 0 Å².